The number of thiocarbonyl (C=S) groups is 1. The van der Waals surface area contributed by atoms with Crippen LogP contribution in [0.15, 0.2) is 53.0 Å². The quantitative estimate of drug-likeness (QED) is 0.674. The summed E-state index contributed by atoms with van der Waals surface area (Å²) in [5, 5.41) is 8.50. The van der Waals surface area contributed by atoms with Gasteiger partial charge in [0.15, 0.2) is 5.11 Å². The standard InChI is InChI=1S/C17H16BrN3O2S/c1-2-15(22)19-13-7-9-14(10-8-13)20-17(24)21-16(23)11-3-5-12(18)6-4-11/h3-10H,2H2,1H3,(H,19,22)(H2,20,21,23,24). The molecule has 5 nitrogen and oxygen atoms in total. The topological polar surface area (TPSA) is 70.2 Å². The van der Waals surface area contributed by atoms with Gasteiger partial charge in [-0.05, 0) is 60.7 Å². The first kappa shape index (κ1) is 18.1. The van der Waals surface area contributed by atoms with Crippen LogP contribution in [0, 0.1) is 0 Å². The number of carbonyl (C=O) groups excluding carboxylic acids is 2. The lowest BCUT2D eigenvalue weighted by Gasteiger charge is -2.10. The second-order valence-electron chi connectivity index (χ2n) is 4.89. The van der Waals surface area contributed by atoms with Crippen molar-refractivity contribution in [1.29, 1.82) is 0 Å². The molecule has 0 atom stereocenters. The lowest BCUT2D eigenvalue weighted by Crippen LogP contribution is -2.34. The fourth-order valence-corrected chi connectivity index (χ4v) is 2.30. The van der Waals surface area contributed by atoms with Crippen molar-refractivity contribution in [3.8, 4) is 0 Å². The molecule has 0 bridgehead atoms. The Kier molecular flexibility index (Phi) is 6.45. The summed E-state index contributed by atoms with van der Waals surface area (Å²) in [6.45, 7) is 1.79. The first-order valence-electron chi connectivity index (χ1n) is 7.25. The van der Waals surface area contributed by atoms with Gasteiger partial charge < -0.3 is 10.6 Å². The van der Waals surface area contributed by atoms with Crippen LogP contribution >= 0.6 is 28.1 Å². The lowest BCUT2D eigenvalue weighted by molar-refractivity contribution is -0.115. The molecule has 0 saturated carbocycles. The van der Waals surface area contributed by atoms with Crippen LogP contribution in [0.4, 0.5) is 11.4 Å². The van der Waals surface area contributed by atoms with Crippen molar-refractivity contribution in [2.24, 2.45) is 0 Å². The Morgan fingerprint density at radius 3 is 2.04 bits per heavy atom. The first-order chi connectivity index (χ1) is 11.5. The van der Waals surface area contributed by atoms with E-state index in [4.69, 9.17) is 12.2 Å². The minimum atomic E-state index is -0.285. The van der Waals surface area contributed by atoms with E-state index in [2.05, 4.69) is 31.9 Å². The van der Waals surface area contributed by atoms with E-state index in [-0.39, 0.29) is 16.9 Å². The van der Waals surface area contributed by atoms with Crippen molar-refractivity contribution >= 4 is 56.4 Å². The van der Waals surface area contributed by atoms with Crippen LogP contribution in [0.1, 0.15) is 23.7 Å². The van der Waals surface area contributed by atoms with E-state index in [0.717, 1.165) is 4.47 Å². The molecule has 0 aliphatic heterocycles. The smallest absolute Gasteiger partial charge is 0.257 e. The van der Waals surface area contributed by atoms with Crippen LogP contribution in [-0.4, -0.2) is 16.9 Å². The van der Waals surface area contributed by atoms with Crippen LogP contribution in [-0.2, 0) is 4.79 Å². The Hall–Kier alpha value is -2.25. The van der Waals surface area contributed by atoms with Gasteiger partial charge in [-0.25, -0.2) is 0 Å². The second kappa shape index (κ2) is 8.56. The minimum absolute atomic E-state index is 0.0482. The summed E-state index contributed by atoms with van der Waals surface area (Å²) in [6, 6.07) is 14.0. The molecule has 0 radical (unpaired) electrons. The predicted octanol–water partition coefficient (Wildman–Crippen LogP) is 3.92. The number of amides is 2. The molecule has 0 spiro atoms. The third-order valence-electron chi connectivity index (χ3n) is 3.08. The largest absolute Gasteiger partial charge is 0.332 e. The molecule has 2 rings (SSSR count). The molecule has 3 N–H and O–H groups in total. The molecule has 124 valence electrons. The minimum Gasteiger partial charge on any atom is -0.332 e. The van der Waals surface area contributed by atoms with Crippen LogP contribution in [0.3, 0.4) is 0 Å². The Labute approximate surface area is 154 Å². The van der Waals surface area contributed by atoms with Gasteiger partial charge in [-0.3, -0.25) is 14.9 Å². The van der Waals surface area contributed by atoms with Crippen molar-refractivity contribution in [1.82, 2.24) is 5.32 Å². The van der Waals surface area contributed by atoms with E-state index in [9.17, 15) is 9.59 Å². The number of hydrogen-bond acceptors (Lipinski definition) is 3. The molecule has 7 heteroatoms. The number of benzene rings is 2. The predicted molar refractivity (Wildman–Crippen MR) is 103 cm³/mol. The summed E-state index contributed by atoms with van der Waals surface area (Å²) in [6.07, 6.45) is 0.423. The SMILES string of the molecule is CCC(=O)Nc1ccc(NC(=S)NC(=O)c2ccc(Br)cc2)cc1. The van der Waals surface area contributed by atoms with Gasteiger partial charge in [-0.1, -0.05) is 22.9 Å². The average molecular weight is 406 g/mol. The average Bonchev–Trinajstić information content (AvgIpc) is 2.57. The van der Waals surface area contributed by atoms with Gasteiger partial charge in [0, 0.05) is 27.8 Å². The molecule has 0 unspecified atom stereocenters. The number of carbonyl (C=O) groups is 2. The Morgan fingerprint density at radius 2 is 1.50 bits per heavy atom. The number of nitrogens with one attached hydrogen (secondary N) is 3. The van der Waals surface area contributed by atoms with Gasteiger partial charge >= 0.3 is 0 Å². The Balaban J connectivity index is 1.91. The van der Waals surface area contributed by atoms with E-state index in [0.29, 0.717) is 23.4 Å². The molecule has 0 aromatic heterocycles. The third kappa shape index (κ3) is 5.43. The van der Waals surface area contributed by atoms with Gasteiger partial charge in [-0.2, -0.15) is 0 Å². The Morgan fingerprint density at radius 1 is 0.958 bits per heavy atom. The van der Waals surface area contributed by atoms with Gasteiger partial charge in [-0.15, -0.1) is 0 Å². The van der Waals surface area contributed by atoms with E-state index < -0.39 is 0 Å². The highest BCUT2D eigenvalue weighted by atomic mass is 79.9. The molecule has 0 aliphatic carbocycles. The zero-order chi connectivity index (χ0) is 17.5. The molecule has 2 aromatic rings. The third-order valence-corrected chi connectivity index (χ3v) is 3.81. The highest BCUT2D eigenvalue weighted by Crippen LogP contribution is 2.14. The fraction of sp³-hybridized carbons (Fsp3) is 0.118. The van der Waals surface area contributed by atoms with E-state index in [1.807, 2.05) is 0 Å². The van der Waals surface area contributed by atoms with Crippen LogP contribution < -0.4 is 16.0 Å². The molecule has 0 heterocycles. The molecule has 2 amide bonds. The summed E-state index contributed by atoms with van der Waals surface area (Å²) in [5.41, 5.74) is 1.93. The van der Waals surface area contributed by atoms with E-state index in [1.54, 1.807) is 55.5 Å². The zero-order valence-electron chi connectivity index (χ0n) is 12.9. The zero-order valence-corrected chi connectivity index (χ0v) is 15.3. The van der Waals surface area contributed by atoms with E-state index >= 15 is 0 Å². The summed E-state index contributed by atoms with van der Waals surface area (Å²) in [5.74, 6) is -0.333. The maximum Gasteiger partial charge on any atom is 0.257 e. The normalized spacial score (nSPS) is 9.92. The monoisotopic (exact) mass is 405 g/mol. The second-order valence-corrected chi connectivity index (χ2v) is 6.22. The fourth-order valence-electron chi connectivity index (χ4n) is 1.83. The lowest BCUT2D eigenvalue weighted by atomic mass is 10.2. The van der Waals surface area contributed by atoms with E-state index in [1.165, 1.54) is 0 Å². The Bertz CT molecular complexity index is 745. The molecule has 2 aromatic carbocycles. The summed E-state index contributed by atoms with van der Waals surface area (Å²) < 4.78 is 0.898. The van der Waals surface area contributed by atoms with Gasteiger partial charge in [0.05, 0.1) is 0 Å². The highest BCUT2D eigenvalue weighted by molar-refractivity contribution is 9.10. The molecule has 0 fully saturated rings. The van der Waals surface area contributed by atoms with Crippen LogP contribution in [0.5, 0.6) is 0 Å². The number of halogens is 1. The van der Waals surface area contributed by atoms with Gasteiger partial charge in [0.25, 0.3) is 5.91 Å². The summed E-state index contributed by atoms with van der Waals surface area (Å²) in [4.78, 5) is 23.4. The molecular formula is C17H16BrN3O2S. The van der Waals surface area contributed by atoms with Crippen molar-refractivity contribution in [3.05, 3.63) is 58.6 Å². The first-order valence-corrected chi connectivity index (χ1v) is 8.46. The maximum absolute atomic E-state index is 12.1. The highest BCUT2D eigenvalue weighted by Gasteiger charge is 2.08. The molecule has 0 saturated heterocycles. The molecular weight excluding hydrogens is 390 g/mol. The number of hydrogen-bond donors (Lipinski definition) is 3. The molecule has 24 heavy (non-hydrogen) atoms. The van der Waals surface area contributed by atoms with Crippen LogP contribution in [0.2, 0.25) is 0 Å². The molecule has 0 aliphatic rings. The van der Waals surface area contributed by atoms with Crippen molar-refractivity contribution < 1.29 is 9.59 Å². The number of rotatable bonds is 4. The summed E-state index contributed by atoms with van der Waals surface area (Å²) in [7, 11) is 0. The van der Waals surface area contributed by atoms with Crippen LogP contribution in [0.25, 0.3) is 0 Å². The van der Waals surface area contributed by atoms with Gasteiger partial charge in [0.2, 0.25) is 5.91 Å². The maximum atomic E-state index is 12.1. The van der Waals surface area contributed by atoms with Gasteiger partial charge in [0.1, 0.15) is 0 Å². The number of anilines is 2. The summed E-state index contributed by atoms with van der Waals surface area (Å²) >= 11 is 8.46. The van der Waals surface area contributed by atoms with Crippen molar-refractivity contribution in [2.45, 2.75) is 13.3 Å². The van der Waals surface area contributed by atoms with Crippen molar-refractivity contribution in [3.63, 3.8) is 0 Å². The van der Waals surface area contributed by atoms with Crippen molar-refractivity contribution in [2.75, 3.05) is 10.6 Å².